The van der Waals surface area contributed by atoms with Crippen molar-refractivity contribution in [3.8, 4) is 0 Å². The molecule has 0 radical (unpaired) electrons. The first kappa shape index (κ1) is 18.7. The van der Waals surface area contributed by atoms with Crippen molar-refractivity contribution >= 4 is 29.4 Å². The van der Waals surface area contributed by atoms with Crippen LogP contribution in [0.25, 0.3) is 0 Å². The number of rotatable bonds is 8. The smallest absolute Gasteiger partial charge is 0.230 e. The summed E-state index contributed by atoms with van der Waals surface area (Å²) in [6, 6.07) is 8.60. The van der Waals surface area contributed by atoms with Crippen molar-refractivity contribution in [3.63, 3.8) is 0 Å². The summed E-state index contributed by atoms with van der Waals surface area (Å²) < 4.78 is 4.96. The Hall–Kier alpha value is -0.650. The molecule has 1 aliphatic carbocycles. The van der Waals surface area contributed by atoms with E-state index in [2.05, 4.69) is 36.5 Å². The minimum absolute atomic E-state index is 0.122. The van der Waals surface area contributed by atoms with Crippen LogP contribution < -0.4 is 5.32 Å². The number of ether oxygens (including phenoxy) is 1. The van der Waals surface area contributed by atoms with Gasteiger partial charge in [0.1, 0.15) is 0 Å². The number of hydrogen-bond donors (Lipinski definition) is 1. The molecule has 0 bridgehead atoms. The lowest BCUT2D eigenvalue weighted by Crippen LogP contribution is -2.31. The number of carbonyl (C=O) groups is 1. The summed E-state index contributed by atoms with van der Waals surface area (Å²) in [7, 11) is 1.65. The van der Waals surface area contributed by atoms with Gasteiger partial charge in [0.05, 0.1) is 12.4 Å². The fourth-order valence-corrected chi connectivity index (χ4v) is 5.63. The molecular formula is C18H27NO2S2. The van der Waals surface area contributed by atoms with E-state index in [9.17, 15) is 4.79 Å². The molecule has 0 heterocycles. The van der Waals surface area contributed by atoms with Crippen molar-refractivity contribution in [2.75, 3.05) is 26.0 Å². The number of nitrogens with one attached hydrogen (secondary N) is 1. The molecule has 0 spiro atoms. The average Bonchev–Trinajstić information content (AvgIpc) is 2.56. The Bertz CT molecular complexity index is 496. The van der Waals surface area contributed by atoms with Crippen LogP contribution in [0.2, 0.25) is 0 Å². The maximum atomic E-state index is 11.9. The third kappa shape index (κ3) is 6.40. The number of thioether (sulfide) groups is 2. The van der Waals surface area contributed by atoms with Gasteiger partial charge in [0.25, 0.3) is 0 Å². The van der Waals surface area contributed by atoms with E-state index in [1.807, 2.05) is 23.5 Å². The highest BCUT2D eigenvalue weighted by molar-refractivity contribution is 8.04. The molecule has 0 saturated heterocycles. The highest BCUT2D eigenvalue weighted by Gasteiger charge is 2.27. The lowest BCUT2D eigenvalue weighted by Gasteiger charge is -2.31. The van der Waals surface area contributed by atoms with Gasteiger partial charge in [-0.1, -0.05) is 31.0 Å². The van der Waals surface area contributed by atoms with E-state index >= 15 is 0 Å². The average molecular weight is 354 g/mol. The molecule has 128 valence electrons. The fourth-order valence-electron chi connectivity index (χ4n) is 2.77. The summed E-state index contributed by atoms with van der Waals surface area (Å²) >= 11 is 3.82. The summed E-state index contributed by atoms with van der Waals surface area (Å²) in [5.41, 5.74) is 1.35. The molecule has 2 atom stereocenters. The van der Waals surface area contributed by atoms with Gasteiger partial charge in [0, 0.05) is 29.0 Å². The third-order valence-corrected chi connectivity index (χ3v) is 7.24. The first-order valence-electron chi connectivity index (χ1n) is 8.30. The Morgan fingerprint density at radius 3 is 2.74 bits per heavy atom. The van der Waals surface area contributed by atoms with Crippen molar-refractivity contribution in [1.82, 2.24) is 5.32 Å². The van der Waals surface area contributed by atoms with Crippen LogP contribution in [-0.2, 0) is 9.53 Å². The number of methoxy groups -OCH3 is 1. The van der Waals surface area contributed by atoms with Crippen molar-refractivity contribution in [2.24, 2.45) is 0 Å². The summed E-state index contributed by atoms with van der Waals surface area (Å²) in [6.45, 7) is 3.35. The lowest BCUT2D eigenvalue weighted by atomic mass is 10.00. The quantitative estimate of drug-likeness (QED) is 0.720. The van der Waals surface area contributed by atoms with Crippen molar-refractivity contribution < 1.29 is 9.53 Å². The maximum absolute atomic E-state index is 11.9. The summed E-state index contributed by atoms with van der Waals surface area (Å²) in [5.74, 6) is 0.677. The van der Waals surface area contributed by atoms with Crippen molar-refractivity contribution in [2.45, 2.75) is 48.0 Å². The molecule has 23 heavy (non-hydrogen) atoms. The molecule has 1 N–H and O–H groups in total. The largest absolute Gasteiger partial charge is 0.383 e. The van der Waals surface area contributed by atoms with E-state index in [0.717, 1.165) is 0 Å². The third-order valence-electron chi connectivity index (χ3n) is 4.07. The fraction of sp³-hybridized carbons (Fsp3) is 0.611. The van der Waals surface area contributed by atoms with Crippen LogP contribution in [0.1, 0.15) is 31.2 Å². The van der Waals surface area contributed by atoms with Crippen LogP contribution >= 0.6 is 23.5 Å². The normalized spacial score (nSPS) is 21.1. The number of benzene rings is 1. The molecule has 1 aromatic carbocycles. The van der Waals surface area contributed by atoms with E-state index in [0.29, 0.717) is 29.4 Å². The minimum Gasteiger partial charge on any atom is -0.383 e. The standard InChI is InChI=1S/C18H27NO2S2/c1-14-7-3-4-8-15(14)23-17-10-6-5-9-16(17)22-13-18(20)19-11-12-21-2/h3-4,7-8,16-17H,5-6,9-13H2,1-2H3,(H,19,20). The number of aryl methyl sites for hydroxylation is 1. The first-order valence-corrected chi connectivity index (χ1v) is 10.2. The molecule has 1 fully saturated rings. The Labute approximate surface area is 148 Å². The number of carbonyl (C=O) groups excluding carboxylic acids is 1. The molecule has 5 heteroatoms. The van der Waals surface area contributed by atoms with Gasteiger partial charge < -0.3 is 10.1 Å². The van der Waals surface area contributed by atoms with Gasteiger partial charge in [0.15, 0.2) is 0 Å². The molecule has 2 unspecified atom stereocenters. The Morgan fingerprint density at radius 2 is 2.00 bits per heavy atom. The van der Waals surface area contributed by atoms with Gasteiger partial charge in [-0.3, -0.25) is 4.79 Å². The van der Waals surface area contributed by atoms with E-state index in [4.69, 9.17) is 4.74 Å². The van der Waals surface area contributed by atoms with Crippen LogP contribution in [0.5, 0.6) is 0 Å². The van der Waals surface area contributed by atoms with Crippen LogP contribution in [0, 0.1) is 6.92 Å². The van der Waals surface area contributed by atoms with Gasteiger partial charge in [-0.25, -0.2) is 0 Å². The molecule has 0 aromatic heterocycles. The second-order valence-electron chi connectivity index (χ2n) is 5.90. The van der Waals surface area contributed by atoms with Crippen LogP contribution in [0.15, 0.2) is 29.2 Å². The second kappa shape index (κ2) is 10.3. The predicted molar refractivity (Wildman–Crippen MR) is 100 cm³/mol. The highest BCUT2D eigenvalue weighted by atomic mass is 32.2. The highest BCUT2D eigenvalue weighted by Crippen LogP contribution is 2.40. The van der Waals surface area contributed by atoms with Crippen LogP contribution in [-0.4, -0.2) is 42.4 Å². The molecular weight excluding hydrogens is 326 g/mol. The molecule has 1 saturated carbocycles. The SMILES string of the molecule is COCCNC(=O)CSC1CCCCC1Sc1ccccc1C. The first-order chi connectivity index (χ1) is 11.2. The maximum Gasteiger partial charge on any atom is 0.230 e. The summed E-state index contributed by atoms with van der Waals surface area (Å²) in [6.07, 6.45) is 5.07. The Balaban J connectivity index is 1.83. The summed E-state index contributed by atoms with van der Waals surface area (Å²) in [4.78, 5) is 13.3. The van der Waals surface area contributed by atoms with Crippen molar-refractivity contribution in [3.05, 3.63) is 29.8 Å². The topological polar surface area (TPSA) is 38.3 Å². The zero-order chi connectivity index (χ0) is 16.5. The monoisotopic (exact) mass is 353 g/mol. The minimum atomic E-state index is 0.122. The van der Waals surface area contributed by atoms with Gasteiger partial charge in [0.2, 0.25) is 5.91 Å². The Morgan fingerprint density at radius 1 is 1.26 bits per heavy atom. The van der Waals surface area contributed by atoms with Crippen LogP contribution in [0.4, 0.5) is 0 Å². The second-order valence-corrected chi connectivity index (χ2v) is 8.41. The summed E-state index contributed by atoms with van der Waals surface area (Å²) in [5, 5.41) is 4.09. The lowest BCUT2D eigenvalue weighted by molar-refractivity contribution is -0.118. The van der Waals surface area contributed by atoms with Crippen LogP contribution in [0.3, 0.4) is 0 Å². The van der Waals surface area contributed by atoms with Gasteiger partial charge in [-0.2, -0.15) is 0 Å². The predicted octanol–water partition coefficient (Wildman–Crippen LogP) is 3.89. The van der Waals surface area contributed by atoms with E-state index in [1.54, 1.807) is 7.11 Å². The zero-order valence-corrected chi connectivity index (χ0v) is 15.7. The number of amides is 1. The van der Waals surface area contributed by atoms with E-state index in [1.165, 1.54) is 36.1 Å². The van der Waals surface area contributed by atoms with Gasteiger partial charge in [-0.05, 0) is 31.4 Å². The molecule has 0 aliphatic heterocycles. The van der Waals surface area contributed by atoms with Gasteiger partial charge >= 0.3 is 0 Å². The van der Waals surface area contributed by atoms with Gasteiger partial charge in [-0.15, -0.1) is 23.5 Å². The Kier molecular flexibility index (Phi) is 8.34. The molecule has 1 aliphatic rings. The van der Waals surface area contributed by atoms with Crippen molar-refractivity contribution in [1.29, 1.82) is 0 Å². The molecule has 3 nitrogen and oxygen atoms in total. The molecule has 1 amide bonds. The zero-order valence-electron chi connectivity index (χ0n) is 14.0. The molecule has 1 aromatic rings. The number of hydrogen-bond acceptors (Lipinski definition) is 4. The van der Waals surface area contributed by atoms with E-state index in [-0.39, 0.29) is 5.91 Å². The molecule has 2 rings (SSSR count). The van der Waals surface area contributed by atoms with E-state index < -0.39 is 0 Å².